The Morgan fingerprint density at radius 1 is 0.963 bits per heavy atom. The second-order valence-corrected chi connectivity index (χ2v) is 7.63. The molecule has 4 heteroatoms. The molecule has 2 fully saturated rings. The molecule has 4 rings (SSSR count). The number of hydrogen-bond acceptors (Lipinski definition) is 4. The number of nitrogens with zero attached hydrogens (tertiary/aromatic N) is 2. The zero-order valence-corrected chi connectivity index (χ0v) is 16.4. The first-order valence-corrected chi connectivity index (χ1v) is 10.3. The number of nitrogens with one attached hydrogen (secondary N) is 1. The number of ether oxygens (including phenoxy) is 1. The highest BCUT2D eigenvalue weighted by atomic mass is 16.5. The van der Waals surface area contributed by atoms with Gasteiger partial charge in [-0.25, -0.2) is 0 Å². The molecule has 0 radical (unpaired) electrons. The number of likely N-dealkylation sites (tertiary alicyclic amines) is 1. The monoisotopic (exact) mass is 365 g/mol. The quantitative estimate of drug-likeness (QED) is 0.847. The van der Waals surface area contributed by atoms with Crippen LogP contribution >= 0.6 is 0 Å². The van der Waals surface area contributed by atoms with Gasteiger partial charge in [0.2, 0.25) is 0 Å². The Bertz CT molecular complexity index is 749. The second kappa shape index (κ2) is 8.77. The molecule has 2 aliphatic rings. The molecule has 2 aliphatic heterocycles. The van der Waals surface area contributed by atoms with Crippen LogP contribution in [0.3, 0.4) is 0 Å². The summed E-state index contributed by atoms with van der Waals surface area (Å²) in [5.74, 6) is 0.992. The standard InChI is InChI=1S/C23H31N3O/c1-19-8-9-20(18-22(19)26-14-10-24-11-15-26)21-6-2-3-7-23(21)27-17-16-25-12-4-5-13-25/h2-3,6-9,18,24H,4-5,10-17H2,1H3. The van der Waals surface area contributed by atoms with E-state index in [4.69, 9.17) is 4.74 Å². The molecule has 0 saturated carbocycles. The Labute approximate surface area is 163 Å². The van der Waals surface area contributed by atoms with Crippen molar-refractivity contribution in [1.82, 2.24) is 10.2 Å². The minimum Gasteiger partial charge on any atom is -0.492 e. The Balaban J connectivity index is 1.52. The largest absolute Gasteiger partial charge is 0.492 e. The summed E-state index contributed by atoms with van der Waals surface area (Å²) in [5.41, 5.74) is 5.12. The van der Waals surface area contributed by atoms with Gasteiger partial charge in [0.25, 0.3) is 0 Å². The third-order valence-corrected chi connectivity index (χ3v) is 5.73. The molecule has 2 aromatic rings. The van der Waals surface area contributed by atoms with Gasteiger partial charge in [-0.1, -0.05) is 30.3 Å². The van der Waals surface area contributed by atoms with Crippen LogP contribution in [0.2, 0.25) is 0 Å². The fourth-order valence-electron chi connectivity index (χ4n) is 4.15. The first-order valence-electron chi connectivity index (χ1n) is 10.3. The van der Waals surface area contributed by atoms with Crippen molar-refractivity contribution in [3.8, 4) is 16.9 Å². The van der Waals surface area contributed by atoms with Crippen molar-refractivity contribution < 1.29 is 4.74 Å². The average molecular weight is 366 g/mol. The molecule has 0 unspecified atom stereocenters. The molecule has 2 heterocycles. The maximum absolute atomic E-state index is 6.20. The van der Waals surface area contributed by atoms with E-state index in [2.05, 4.69) is 64.5 Å². The molecule has 0 atom stereocenters. The Morgan fingerprint density at radius 2 is 1.74 bits per heavy atom. The summed E-state index contributed by atoms with van der Waals surface area (Å²) in [6.07, 6.45) is 2.66. The van der Waals surface area contributed by atoms with Crippen molar-refractivity contribution in [2.24, 2.45) is 0 Å². The second-order valence-electron chi connectivity index (χ2n) is 7.63. The van der Waals surface area contributed by atoms with Gasteiger partial charge in [-0.05, 0) is 56.1 Å². The molecule has 27 heavy (non-hydrogen) atoms. The van der Waals surface area contributed by atoms with Gasteiger partial charge in [0.15, 0.2) is 0 Å². The average Bonchev–Trinajstić information content (AvgIpc) is 3.23. The van der Waals surface area contributed by atoms with E-state index in [-0.39, 0.29) is 0 Å². The number of aryl methyl sites for hydroxylation is 1. The summed E-state index contributed by atoms with van der Waals surface area (Å²) in [7, 11) is 0. The molecule has 0 bridgehead atoms. The normalized spacial score (nSPS) is 18.0. The van der Waals surface area contributed by atoms with Crippen LogP contribution in [-0.2, 0) is 0 Å². The van der Waals surface area contributed by atoms with Crippen LogP contribution in [0.5, 0.6) is 5.75 Å². The molecule has 2 saturated heterocycles. The number of benzene rings is 2. The van der Waals surface area contributed by atoms with E-state index in [0.29, 0.717) is 0 Å². The first kappa shape index (κ1) is 18.3. The van der Waals surface area contributed by atoms with Crippen molar-refractivity contribution in [2.45, 2.75) is 19.8 Å². The summed E-state index contributed by atoms with van der Waals surface area (Å²) >= 11 is 0. The molecule has 2 aromatic carbocycles. The molecule has 1 N–H and O–H groups in total. The van der Waals surface area contributed by atoms with Crippen LogP contribution < -0.4 is 15.0 Å². The minimum absolute atomic E-state index is 0.757. The van der Waals surface area contributed by atoms with E-state index in [1.165, 1.54) is 48.3 Å². The zero-order valence-electron chi connectivity index (χ0n) is 16.4. The summed E-state index contributed by atoms with van der Waals surface area (Å²) in [5, 5.41) is 3.44. The molecular formula is C23H31N3O. The van der Waals surface area contributed by atoms with Crippen LogP contribution in [0.25, 0.3) is 11.1 Å². The van der Waals surface area contributed by atoms with Crippen molar-refractivity contribution in [1.29, 1.82) is 0 Å². The number of rotatable bonds is 6. The maximum atomic E-state index is 6.20. The van der Waals surface area contributed by atoms with Crippen LogP contribution in [0.4, 0.5) is 5.69 Å². The van der Waals surface area contributed by atoms with Gasteiger partial charge >= 0.3 is 0 Å². The predicted octanol–water partition coefficient (Wildman–Crippen LogP) is 3.55. The fraction of sp³-hybridized carbons (Fsp3) is 0.478. The van der Waals surface area contributed by atoms with Crippen molar-refractivity contribution >= 4 is 5.69 Å². The van der Waals surface area contributed by atoms with Crippen LogP contribution in [-0.4, -0.2) is 57.3 Å². The zero-order chi connectivity index (χ0) is 18.5. The van der Waals surface area contributed by atoms with Crippen LogP contribution in [0.15, 0.2) is 42.5 Å². The van der Waals surface area contributed by atoms with Gasteiger partial charge in [0, 0.05) is 44.0 Å². The Kier molecular flexibility index (Phi) is 5.95. The smallest absolute Gasteiger partial charge is 0.127 e. The summed E-state index contributed by atoms with van der Waals surface area (Å²) in [6, 6.07) is 15.3. The van der Waals surface area contributed by atoms with E-state index in [1.54, 1.807) is 0 Å². The lowest BCUT2D eigenvalue weighted by Gasteiger charge is -2.31. The minimum atomic E-state index is 0.757. The lowest BCUT2D eigenvalue weighted by atomic mass is 10.0. The maximum Gasteiger partial charge on any atom is 0.127 e. The molecule has 144 valence electrons. The molecule has 0 aliphatic carbocycles. The van der Waals surface area contributed by atoms with Gasteiger partial charge in [0.1, 0.15) is 12.4 Å². The van der Waals surface area contributed by atoms with Gasteiger partial charge in [-0.15, -0.1) is 0 Å². The highest BCUT2D eigenvalue weighted by Gasteiger charge is 2.15. The van der Waals surface area contributed by atoms with Crippen molar-refractivity contribution in [3.63, 3.8) is 0 Å². The van der Waals surface area contributed by atoms with Crippen LogP contribution in [0.1, 0.15) is 18.4 Å². The Hall–Kier alpha value is -2.04. The van der Waals surface area contributed by atoms with Crippen LogP contribution in [0, 0.1) is 6.92 Å². The van der Waals surface area contributed by atoms with Crippen molar-refractivity contribution in [2.75, 3.05) is 57.3 Å². The summed E-state index contributed by atoms with van der Waals surface area (Å²) in [4.78, 5) is 4.99. The van der Waals surface area contributed by atoms with E-state index in [9.17, 15) is 0 Å². The highest BCUT2D eigenvalue weighted by molar-refractivity contribution is 5.75. The molecule has 0 amide bonds. The lowest BCUT2D eigenvalue weighted by molar-refractivity contribution is 0.238. The molecular weight excluding hydrogens is 334 g/mol. The predicted molar refractivity (Wildman–Crippen MR) is 113 cm³/mol. The first-order chi connectivity index (χ1) is 13.3. The fourth-order valence-corrected chi connectivity index (χ4v) is 4.15. The van der Waals surface area contributed by atoms with Gasteiger partial charge in [0.05, 0.1) is 0 Å². The van der Waals surface area contributed by atoms with Gasteiger partial charge in [-0.3, -0.25) is 4.90 Å². The third kappa shape index (κ3) is 4.45. The highest BCUT2D eigenvalue weighted by Crippen LogP contribution is 2.34. The number of hydrogen-bond donors (Lipinski definition) is 1. The number of anilines is 1. The lowest BCUT2D eigenvalue weighted by Crippen LogP contribution is -2.43. The van der Waals surface area contributed by atoms with Gasteiger partial charge < -0.3 is 15.0 Å². The molecule has 0 aromatic heterocycles. The summed E-state index contributed by atoms with van der Waals surface area (Å²) < 4.78 is 6.20. The van der Waals surface area contributed by atoms with Gasteiger partial charge in [-0.2, -0.15) is 0 Å². The number of piperazine rings is 1. The number of para-hydroxylation sites is 1. The van der Waals surface area contributed by atoms with E-state index < -0.39 is 0 Å². The topological polar surface area (TPSA) is 27.7 Å². The Morgan fingerprint density at radius 3 is 2.56 bits per heavy atom. The SMILES string of the molecule is Cc1ccc(-c2ccccc2OCCN2CCCC2)cc1N1CCNCC1. The summed E-state index contributed by atoms with van der Waals surface area (Å²) in [6.45, 7) is 10.7. The van der Waals surface area contributed by atoms with E-state index in [0.717, 1.165) is 45.1 Å². The molecule has 0 spiro atoms. The van der Waals surface area contributed by atoms with Crippen molar-refractivity contribution in [3.05, 3.63) is 48.0 Å². The van der Waals surface area contributed by atoms with E-state index in [1.807, 2.05) is 0 Å². The van der Waals surface area contributed by atoms with E-state index >= 15 is 0 Å². The third-order valence-electron chi connectivity index (χ3n) is 5.73. The molecule has 4 nitrogen and oxygen atoms in total.